The molecule has 2 N–H and O–H groups in total. The summed E-state index contributed by atoms with van der Waals surface area (Å²) in [4.78, 5) is 9.82. The Bertz CT molecular complexity index is 775. The van der Waals surface area contributed by atoms with Crippen molar-refractivity contribution >= 4 is 16.3 Å². The van der Waals surface area contributed by atoms with Gasteiger partial charge in [0.2, 0.25) is 5.82 Å². The fraction of sp³-hybridized carbons (Fsp3) is 0.214. The van der Waals surface area contributed by atoms with E-state index in [-0.39, 0.29) is 0 Å². The average molecular weight is 286 g/mol. The molecule has 3 heterocycles. The SMILES string of the molecule is Cc1ccnc(-c2noc(-c3c(N)sc(C)c3C)n2)c1. The van der Waals surface area contributed by atoms with Crippen molar-refractivity contribution in [2.24, 2.45) is 0 Å². The smallest absolute Gasteiger partial charge is 0.261 e. The van der Waals surface area contributed by atoms with Crippen LogP contribution in [0.1, 0.15) is 16.0 Å². The van der Waals surface area contributed by atoms with Crippen LogP contribution in [0, 0.1) is 20.8 Å². The van der Waals surface area contributed by atoms with Crippen molar-refractivity contribution in [2.75, 3.05) is 5.73 Å². The molecule has 0 aliphatic carbocycles. The van der Waals surface area contributed by atoms with Crippen LogP contribution in [0.15, 0.2) is 22.9 Å². The van der Waals surface area contributed by atoms with Crippen LogP contribution < -0.4 is 5.73 Å². The van der Waals surface area contributed by atoms with Crippen molar-refractivity contribution in [3.63, 3.8) is 0 Å². The second-order valence-corrected chi connectivity index (χ2v) is 5.92. The van der Waals surface area contributed by atoms with E-state index in [1.165, 1.54) is 11.3 Å². The largest absolute Gasteiger partial charge is 0.390 e. The Kier molecular flexibility index (Phi) is 3.02. The maximum atomic E-state index is 6.02. The van der Waals surface area contributed by atoms with Crippen LogP contribution in [0.5, 0.6) is 0 Å². The number of thiophene rings is 1. The summed E-state index contributed by atoms with van der Waals surface area (Å²) in [5, 5.41) is 4.70. The van der Waals surface area contributed by atoms with Gasteiger partial charge in [0.25, 0.3) is 5.89 Å². The molecule has 0 bridgehead atoms. The van der Waals surface area contributed by atoms with Gasteiger partial charge in [0, 0.05) is 11.1 Å². The van der Waals surface area contributed by atoms with Gasteiger partial charge >= 0.3 is 0 Å². The molecule has 0 unspecified atom stereocenters. The number of nitrogen functional groups attached to an aromatic ring is 1. The van der Waals surface area contributed by atoms with E-state index in [0.717, 1.165) is 21.6 Å². The molecule has 3 rings (SSSR count). The Morgan fingerprint density at radius 3 is 2.70 bits per heavy atom. The summed E-state index contributed by atoms with van der Waals surface area (Å²) >= 11 is 1.53. The summed E-state index contributed by atoms with van der Waals surface area (Å²) in [7, 11) is 0. The van der Waals surface area contributed by atoms with Gasteiger partial charge in [-0.3, -0.25) is 4.98 Å². The zero-order valence-electron chi connectivity index (χ0n) is 11.5. The third-order valence-corrected chi connectivity index (χ3v) is 4.23. The van der Waals surface area contributed by atoms with E-state index in [0.29, 0.717) is 22.4 Å². The molecule has 0 fully saturated rings. The lowest BCUT2D eigenvalue weighted by molar-refractivity contribution is 0.432. The van der Waals surface area contributed by atoms with Crippen molar-refractivity contribution in [3.8, 4) is 23.0 Å². The van der Waals surface area contributed by atoms with Gasteiger partial charge in [0.05, 0.1) is 10.6 Å². The molecule has 0 aliphatic heterocycles. The number of aromatic nitrogens is 3. The fourth-order valence-electron chi connectivity index (χ4n) is 2.01. The zero-order valence-corrected chi connectivity index (χ0v) is 12.3. The van der Waals surface area contributed by atoms with Crippen LogP contribution in [-0.2, 0) is 0 Å². The highest BCUT2D eigenvalue weighted by Crippen LogP contribution is 2.37. The van der Waals surface area contributed by atoms with Crippen LogP contribution in [-0.4, -0.2) is 15.1 Å². The normalized spacial score (nSPS) is 10.9. The lowest BCUT2D eigenvalue weighted by Crippen LogP contribution is -1.88. The molecular formula is C14H14N4OS. The third kappa shape index (κ3) is 2.08. The summed E-state index contributed by atoms with van der Waals surface area (Å²) in [5.41, 5.74) is 9.73. The molecule has 0 saturated heterocycles. The molecule has 6 heteroatoms. The first kappa shape index (κ1) is 12.8. The van der Waals surface area contributed by atoms with E-state index in [1.807, 2.05) is 32.9 Å². The first-order chi connectivity index (χ1) is 9.56. The molecule has 0 amide bonds. The fourth-order valence-corrected chi connectivity index (χ4v) is 2.93. The van der Waals surface area contributed by atoms with Gasteiger partial charge in [0.1, 0.15) is 5.69 Å². The monoisotopic (exact) mass is 286 g/mol. The summed E-state index contributed by atoms with van der Waals surface area (Å²) in [6.07, 6.45) is 1.73. The first-order valence-corrected chi connectivity index (χ1v) is 7.00. The van der Waals surface area contributed by atoms with Gasteiger partial charge in [-0.05, 0) is 44.0 Å². The second kappa shape index (κ2) is 4.72. The maximum Gasteiger partial charge on any atom is 0.261 e. The number of anilines is 1. The minimum atomic E-state index is 0.447. The molecule has 102 valence electrons. The van der Waals surface area contributed by atoms with Crippen LogP contribution in [0.4, 0.5) is 5.00 Å². The number of hydrogen-bond donors (Lipinski definition) is 1. The molecule has 0 spiro atoms. The number of nitrogens with two attached hydrogens (primary N) is 1. The van der Waals surface area contributed by atoms with Crippen molar-refractivity contribution in [1.29, 1.82) is 0 Å². The second-order valence-electron chi connectivity index (χ2n) is 4.66. The van der Waals surface area contributed by atoms with Gasteiger partial charge in [0.15, 0.2) is 0 Å². The van der Waals surface area contributed by atoms with E-state index < -0.39 is 0 Å². The van der Waals surface area contributed by atoms with E-state index >= 15 is 0 Å². The molecule has 0 saturated carbocycles. The van der Waals surface area contributed by atoms with Crippen molar-refractivity contribution < 1.29 is 4.52 Å². The highest BCUT2D eigenvalue weighted by atomic mass is 32.1. The van der Waals surface area contributed by atoms with Gasteiger partial charge in [-0.15, -0.1) is 11.3 Å². The van der Waals surface area contributed by atoms with Crippen LogP contribution in [0.2, 0.25) is 0 Å². The molecule has 3 aromatic heterocycles. The highest BCUT2D eigenvalue weighted by Gasteiger charge is 2.19. The van der Waals surface area contributed by atoms with Crippen LogP contribution in [0.25, 0.3) is 23.0 Å². The molecule has 0 aliphatic rings. The number of pyridine rings is 1. The average Bonchev–Trinajstić information content (AvgIpc) is 2.96. The quantitative estimate of drug-likeness (QED) is 0.781. The maximum absolute atomic E-state index is 6.02. The van der Waals surface area contributed by atoms with Crippen molar-refractivity contribution in [3.05, 3.63) is 34.3 Å². The van der Waals surface area contributed by atoms with Gasteiger partial charge in [-0.25, -0.2) is 0 Å². The van der Waals surface area contributed by atoms with Crippen molar-refractivity contribution in [2.45, 2.75) is 20.8 Å². The molecule has 0 aromatic carbocycles. The third-order valence-electron chi connectivity index (χ3n) is 3.20. The van der Waals surface area contributed by atoms with E-state index in [4.69, 9.17) is 10.3 Å². The molecule has 5 nitrogen and oxygen atoms in total. The lowest BCUT2D eigenvalue weighted by Gasteiger charge is -1.95. The molecule has 20 heavy (non-hydrogen) atoms. The number of rotatable bonds is 2. The zero-order chi connectivity index (χ0) is 14.3. The Morgan fingerprint density at radius 2 is 2.05 bits per heavy atom. The first-order valence-electron chi connectivity index (χ1n) is 6.19. The van der Waals surface area contributed by atoms with Gasteiger partial charge < -0.3 is 10.3 Å². The van der Waals surface area contributed by atoms with Gasteiger partial charge in [-0.1, -0.05) is 5.16 Å². The topological polar surface area (TPSA) is 77.8 Å². The summed E-state index contributed by atoms with van der Waals surface area (Å²) in [6, 6.07) is 3.85. The standard InChI is InChI=1S/C14H14N4OS/c1-7-4-5-16-10(6-7)13-17-14(19-18-13)11-8(2)9(3)20-12(11)15/h4-6H,15H2,1-3H3. The van der Waals surface area contributed by atoms with Crippen LogP contribution >= 0.6 is 11.3 Å². The minimum absolute atomic E-state index is 0.447. The molecule has 0 atom stereocenters. The molecular weight excluding hydrogens is 272 g/mol. The lowest BCUT2D eigenvalue weighted by atomic mass is 10.1. The molecule has 0 radical (unpaired) electrons. The number of aryl methyl sites for hydroxylation is 2. The Balaban J connectivity index is 2.06. The van der Waals surface area contributed by atoms with Crippen LogP contribution in [0.3, 0.4) is 0 Å². The predicted octanol–water partition coefficient (Wildman–Crippen LogP) is 3.37. The Labute approximate surface area is 120 Å². The van der Waals surface area contributed by atoms with Crippen molar-refractivity contribution in [1.82, 2.24) is 15.1 Å². The Hall–Kier alpha value is -2.21. The van der Waals surface area contributed by atoms with Gasteiger partial charge in [-0.2, -0.15) is 4.98 Å². The minimum Gasteiger partial charge on any atom is -0.390 e. The van der Waals surface area contributed by atoms with E-state index in [9.17, 15) is 0 Å². The number of hydrogen-bond acceptors (Lipinski definition) is 6. The number of nitrogens with zero attached hydrogens (tertiary/aromatic N) is 3. The van der Waals surface area contributed by atoms with E-state index in [1.54, 1.807) is 6.20 Å². The summed E-state index contributed by atoms with van der Waals surface area (Å²) < 4.78 is 5.35. The predicted molar refractivity (Wildman–Crippen MR) is 79.5 cm³/mol. The summed E-state index contributed by atoms with van der Waals surface area (Å²) in [6.45, 7) is 6.03. The molecule has 3 aromatic rings. The summed E-state index contributed by atoms with van der Waals surface area (Å²) in [5.74, 6) is 0.925. The Morgan fingerprint density at radius 1 is 1.25 bits per heavy atom. The van der Waals surface area contributed by atoms with E-state index in [2.05, 4.69) is 15.1 Å². The highest BCUT2D eigenvalue weighted by molar-refractivity contribution is 7.16.